The van der Waals surface area contributed by atoms with E-state index < -0.39 is 55.0 Å². The summed E-state index contributed by atoms with van der Waals surface area (Å²) >= 11 is 6.35. The lowest BCUT2D eigenvalue weighted by atomic mass is 10.0. The molecule has 3 amide bonds. The number of rotatable bonds is 10. The first-order valence-electron chi connectivity index (χ1n) is 15.7. The molecular weight excluding hydrogens is 673 g/mol. The molecule has 0 aliphatic carbocycles. The number of nitrogens with zero attached hydrogens (tertiary/aromatic N) is 6. The Labute approximate surface area is 284 Å². The van der Waals surface area contributed by atoms with E-state index in [1.807, 2.05) is 4.90 Å². The lowest BCUT2D eigenvalue weighted by molar-refractivity contribution is -0.206. The van der Waals surface area contributed by atoms with Crippen LogP contribution in [0.15, 0.2) is 24.5 Å². The smallest absolute Gasteiger partial charge is 0.480 e. The van der Waals surface area contributed by atoms with Crippen molar-refractivity contribution in [3.8, 4) is 0 Å². The van der Waals surface area contributed by atoms with Crippen LogP contribution in [0.25, 0.3) is 0 Å². The van der Waals surface area contributed by atoms with Crippen LogP contribution < -0.4 is 4.90 Å². The third-order valence-electron chi connectivity index (χ3n) is 9.32. The number of hydrogen-bond acceptors (Lipinski definition) is 9. The number of carbonyl (C=O) groups is 5. The van der Waals surface area contributed by atoms with Gasteiger partial charge in [-0.25, -0.2) is 14.8 Å². The number of aliphatic carboxylic acids is 1. The molecule has 4 unspecified atom stereocenters. The predicted molar refractivity (Wildman–Crippen MR) is 168 cm³/mol. The largest absolute Gasteiger partial charge is 0.490 e. The number of fused-ring (bicyclic) bond motifs is 1. The van der Waals surface area contributed by atoms with Gasteiger partial charge in [0.1, 0.15) is 18.8 Å². The molecule has 264 valence electrons. The Balaban J connectivity index is 1.27. The normalized spacial score (nSPS) is 22.4. The molecule has 4 heterocycles. The van der Waals surface area contributed by atoms with Gasteiger partial charge in [0.05, 0.1) is 17.0 Å². The lowest BCUT2D eigenvalue weighted by Crippen LogP contribution is -2.45. The number of hydrogen-bond donors (Lipinski definition) is 1. The number of anilines is 1. The number of carboxylic acid groups (broad SMARTS) is 1. The van der Waals surface area contributed by atoms with Gasteiger partial charge in [-0.05, 0) is 63.3 Å². The minimum Gasteiger partial charge on any atom is -0.480 e. The van der Waals surface area contributed by atoms with Crippen molar-refractivity contribution in [1.29, 1.82) is 0 Å². The molecule has 3 aliphatic rings. The second kappa shape index (κ2) is 14.3. The summed E-state index contributed by atoms with van der Waals surface area (Å²) in [6, 6.07) is 4.79. The highest BCUT2D eigenvalue weighted by molar-refractivity contribution is 6.31. The summed E-state index contributed by atoms with van der Waals surface area (Å²) < 4.78 is 43.8. The SMILES string of the molecule is Cc1ccc(N(CCCN2CC3CN(C(=O)c4c(C)ncnc4C)CC3C2)C(=O)C2CN(CC(=O)O)C(=O)C2OC(=O)C(F)(F)F)cc1Cl. The van der Waals surface area contributed by atoms with Gasteiger partial charge in [-0.1, -0.05) is 17.7 Å². The molecule has 17 heteroatoms. The monoisotopic (exact) mass is 708 g/mol. The molecule has 3 aliphatic heterocycles. The molecule has 3 saturated heterocycles. The first-order valence-corrected chi connectivity index (χ1v) is 16.1. The first kappa shape index (κ1) is 36.0. The average molecular weight is 709 g/mol. The number of amides is 3. The molecule has 1 aromatic heterocycles. The average Bonchev–Trinajstić information content (AvgIpc) is 3.68. The minimum absolute atomic E-state index is 0.0742. The number of ether oxygens (including phenoxy) is 1. The van der Waals surface area contributed by atoms with Crippen LogP contribution in [0.5, 0.6) is 0 Å². The number of esters is 1. The zero-order valence-electron chi connectivity index (χ0n) is 27.1. The molecular formula is C32H36ClF3N6O7. The maximum atomic E-state index is 14.0. The number of benzene rings is 1. The third kappa shape index (κ3) is 7.80. The van der Waals surface area contributed by atoms with Crippen LogP contribution in [0.4, 0.5) is 18.9 Å². The van der Waals surface area contributed by atoms with Gasteiger partial charge >= 0.3 is 18.1 Å². The van der Waals surface area contributed by atoms with Crippen LogP contribution in [-0.4, -0.2) is 124 Å². The van der Waals surface area contributed by atoms with E-state index in [-0.39, 0.29) is 24.3 Å². The van der Waals surface area contributed by atoms with Crippen LogP contribution in [-0.2, 0) is 23.9 Å². The molecule has 5 rings (SSSR count). The van der Waals surface area contributed by atoms with Gasteiger partial charge in [-0.2, -0.15) is 13.2 Å². The van der Waals surface area contributed by atoms with E-state index in [1.54, 1.807) is 32.9 Å². The van der Waals surface area contributed by atoms with E-state index in [0.29, 0.717) is 64.2 Å². The lowest BCUT2D eigenvalue weighted by Gasteiger charge is -2.29. The summed E-state index contributed by atoms with van der Waals surface area (Å²) in [7, 11) is 0. The van der Waals surface area contributed by atoms with Crippen molar-refractivity contribution in [3.63, 3.8) is 0 Å². The number of aryl methyl sites for hydroxylation is 3. The molecule has 0 spiro atoms. The second-order valence-corrected chi connectivity index (χ2v) is 13.1. The van der Waals surface area contributed by atoms with Gasteiger partial charge in [0.2, 0.25) is 5.91 Å². The van der Waals surface area contributed by atoms with E-state index in [1.165, 1.54) is 17.3 Å². The van der Waals surface area contributed by atoms with Gasteiger partial charge < -0.3 is 29.4 Å². The van der Waals surface area contributed by atoms with Gasteiger partial charge in [0, 0.05) is 50.0 Å². The summed E-state index contributed by atoms with van der Waals surface area (Å²) in [5, 5.41) is 9.56. The number of alkyl halides is 3. The quantitative estimate of drug-likeness (QED) is 0.365. The third-order valence-corrected chi connectivity index (χ3v) is 9.73. The molecule has 49 heavy (non-hydrogen) atoms. The topological polar surface area (TPSA) is 154 Å². The Kier molecular flexibility index (Phi) is 10.5. The van der Waals surface area contributed by atoms with E-state index in [9.17, 15) is 42.3 Å². The molecule has 0 saturated carbocycles. The molecule has 2 aromatic rings. The fourth-order valence-electron chi connectivity index (χ4n) is 6.87. The maximum absolute atomic E-state index is 14.0. The Morgan fingerprint density at radius 3 is 2.22 bits per heavy atom. The predicted octanol–water partition coefficient (Wildman–Crippen LogP) is 2.50. The summed E-state index contributed by atoms with van der Waals surface area (Å²) in [4.78, 5) is 77.7. The van der Waals surface area contributed by atoms with Crippen molar-refractivity contribution >= 4 is 46.9 Å². The highest BCUT2D eigenvalue weighted by Crippen LogP contribution is 2.34. The second-order valence-electron chi connectivity index (χ2n) is 12.7. The van der Waals surface area contributed by atoms with Crippen LogP contribution in [0, 0.1) is 38.5 Å². The molecule has 1 aromatic carbocycles. The fourth-order valence-corrected chi connectivity index (χ4v) is 7.05. The maximum Gasteiger partial charge on any atom is 0.490 e. The molecule has 13 nitrogen and oxygen atoms in total. The van der Waals surface area contributed by atoms with E-state index >= 15 is 0 Å². The highest BCUT2D eigenvalue weighted by Gasteiger charge is 2.52. The standard InChI is InChI=1S/C32H36ClF3N6O7/c1-17-5-6-22(9-24(17)33)42(28(45)23-14-41(15-25(43)44)30(47)27(23)49-31(48)32(34,35)36)8-4-7-39-10-20-12-40(13-21(20)11-39)29(46)26-18(2)37-16-38-19(26)3/h5-6,9,16,20-21,23,27H,4,7-8,10-15H2,1-3H3,(H,43,44). The van der Waals surface area contributed by atoms with Crippen molar-refractivity contribution in [2.75, 3.05) is 57.3 Å². The minimum atomic E-state index is -5.44. The summed E-state index contributed by atoms with van der Waals surface area (Å²) in [6.07, 6.45) is -5.75. The number of carbonyl (C=O) groups excluding carboxylic acids is 4. The molecule has 4 atom stereocenters. The summed E-state index contributed by atoms with van der Waals surface area (Å²) in [6.45, 7) is 7.10. The van der Waals surface area contributed by atoms with Gasteiger partial charge in [-0.3, -0.25) is 19.2 Å². The zero-order valence-corrected chi connectivity index (χ0v) is 27.8. The number of carboxylic acids is 1. The molecule has 0 radical (unpaired) electrons. The molecule has 0 bridgehead atoms. The Bertz CT molecular complexity index is 1630. The first-order chi connectivity index (χ1) is 23.0. The Morgan fingerprint density at radius 2 is 1.65 bits per heavy atom. The van der Waals surface area contributed by atoms with E-state index in [2.05, 4.69) is 19.6 Å². The van der Waals surface area contributed by atoms with Gasteiger partial charge in [0.15, 0.2) is 6.10 Å². The van der Waals surface area contributed by atoms with Crippen LogP contribution in [0.2, 0.25) is 5.02 Å². The van der Waals surface area contributed by atoms with Crippen LogP contribution in [0.3, 0.4) is 0 Å². The highest BCUT2D eigenvalue weighted by atomic mass is 35.5. The fraction of sp³-hybridized carbons (Fsp3) is 0.531. The summed E-state index contributed by atoms with van der Waals surface area (Å²) in [5.41, 5.74) is 2.80. The molecule has 3 fully saturated rings. The molecule has 1 N–H and O–H groups in total. The summed E-state index contributed by atoms with van der Waals surface area (Å²) in [5.74, 6) is -7.33. The Morgan fingerprint density at radius 1 is 1.02 bits per heavy atom. The van der Waals surface area contributed by atoms with Gasteiger partial charge in [-0.15, -0.1) is 0 Å². The Hall–Kier alpha value is -4.31. The van der Waals surface area contributed by atoms with Crippen molar-refractivity contribution in [2.45, 2.75) is 39.5 Å². The number of aromatic nitrogens is 2. The van der Waals surface area contributed by atoms with Crippen LogP contribution in [0.1, 0.15) is 33.7 Å². The van der Waals surface area contributed by atoms with Crippen molar-refractivity contribution < 1.29 is 47.0 Å². The van der Waals surface area contributed by atoms with Crippen molar-refractivity contribution in [3.05, 3.63) is 52.1 Å². The van der Waals surface area contributed by atoms with Crippen molar-refractivity contribution in [1.82, 2.24) is 24.7 Å². The van der Waals surface area contributed by atoms with Crippen LogP contribution >= 0.6 is 11.6 Å². The van der Waals surface area contributed by atoms with Crippen molar-refractivity contribution in [2.24, 2.45) is 17.8 Å². The van der Waals surface area contributed by atoms with E-state index in [4.69, 9.17) is 11.6 Å². The van der Waals surface area contributed by atoms with Gasteiger partial charge in [0.25, 0.3) is 11.8 Å². The number of halogens is 4. The van der Waals surface area contributed by atoms with E-state index in [0.717, 1.165) is 13.1 Å². The number of likely N-dealkylation sites (tertiary alicyclic amines) is 3. The zero-order chi connectivity index (χ0) is 35.8.